The van der Waals surface area contributed by atoms with Crippen LogP contribution in [0.2, 0.25) is 0 Å². The Kier molecular flexibility index (Phi) is 4.43. The zero-order valence-electron chi connectivity index (χ0n) is 14.0. The Morgan fingerprint density at radius 2 is 1.72 bits per heavy atom. The van der Waals surface area contributed by atoms with Crippen molar-refractivity contribution in [3.63, 3.8) is 0 Å². The van der Waals surface area contributed by atoms with Crippen molar-refractivity contribution in [1.82, 2.24) is 0 Å². The van der Waals surface area contributed by atoms with Crippen LogP contribution in [-0.2, 0) is 19.4 Å². The van der Waals surface area contributed by atoms with Crippen molar-refractivity contribution in [2.75, 3.05) is 13.7 Å². The number of ether oxygens (including phenoxy) is 1. The first-order valence-electron chi connectivity index (χ1n) is 7.93. The summed E-state index contributed by atoms with van der Waals surface area (Å²) in [4.78, 5) is 12.2. The molecule has 0 aliphatic heterocycles. The van der Waals surface area contributed by atoms with Gasteiger partial charge in [-0.25, -0.2) is 8.42 Å². The molecule has 1 saturated carbocycles. The van der Waals surface area contributed by atoms with Crippen molar-refractivity contribution in [3.8, 4) is 0 Å². The highest BCUT2D eigenvalue weighted by atomic mass is 32.2. The van der Waals surface area contributed by atoms with Crippen molar-refractivity contribution >= 4 is 15.8 Å². The second-order valence-corrected chi connectivity index (χ2v) is 8.51. The molecule has 0 radical (unpaired) electrons. The van der Waals surface area contributed by atoms with Crippen LogP contribution in [0, 0.1) is 12.3 Å². The summed E-state index contributed by atoms with van der Waals surface area (Å²) in [6.45, 7) is 1.71. The van der Waals surface area contributed by atoms with Crippen LogP contribution in [0.25, 0.3) is 0 Å². The molecule has 2 aromatic carbocycles. The normalized spacial score (nSPS) is 25.5. The Labute approximate surface area is 147 Å². The molecule has 25 heavy (non-hydrogen) atoms. The molecule has 3 atom stereocenters. The van der Waals surface area contributed by atoms with Crippen LogP contribution in [0.3, 0.4) is 0 Å². The molecule has 1 aliphatic carbocycles. The van der Waals surface area contributed by atoms with Gasteiger partial charge in [-0.15, -0.1) is 0 Å². The molecule has 0 saturated heterocycles. The smallest absolute Gasteiger partial charge is 0.314 e. The van der Waals surface area contributed by atoms with E-state index in [0.717, 1.165) is 5.56 Å². The molecule has 0 heterocycles. The number of aryl methyl sites for hydroxylation is 1. The first-order chi connectivity index (χ1) is 11.9. The molecular formula is C19H20O5S. The molecule has 2 aromatic rings. The van der Waals surface area contributed by atoms with E-state index in [1.807, 2.05) is 13.0 Å². The lowest BCUT2D eigenvalue weighted by molar-refractivity contribution is -0.145. The average molecular weight is 360 g/mol. The van der Waals surface area contributed by atoms with Crippen LogP contribution in [-0.4, -0.2) is 38.5 Å². The maximum atomic E-state index is 13.2. The predicted octanol–water partition coefficient (Wildman–Crippen LogP) is 2.65. The summed E-state index contributed by atoms with van der Waals surface area (Å²) in [5, 5.41) is 8.79. The average Bonchev–Trinajstić information content (AvgIpc) is 3.27. The predicted molar refractivity (Wildman–Crippen MR) is 93.3 cm³/mol. The number of aliphatic carboxylic acids is 1. The summed E-state index contributed by atoms with van der Waals surface area (Å²) in [5.74, 6) is -1.79. The van der Waals surface area contributed by atoms with Gasteiger partial charge in [0.05, 0.1) is 16.8 Å². The van der Waals surface area contributed by atoms with Gasteiger partial charge < -0.3 is 9.84 Å². The van der Waals surface area contributed by atoms with Crippen LogP contribution in [0.1, 0.15) is 17.0 Å². The highest BCUT2D eigenvalue weighted by Gasteiger charge is 2.76. The minimum absolute atomic E-state index is 0.142. The van der Waals surface area contributed by atoms with Crippen LogP contribution in [0.5, 0.6) is 0 Å². The molecule has 0 unspecified atom stereocenters. The minimum Gasteiger partial charge on any atom is -0.481 e. The summed E-state index contributed by atoms with van der Waals surface area (Å²) in [7, 11) is -2.43. The maximum Gasteiger partial charge on any atom is 0.314 e. The van der Waals surface area contributed by atoms with E-state index >= 15 is 0 Å². The van der Waals surface area contributed by atoms with E-state index in [1.54, 1.807) is 36.4 Å². The van der Waals surface area contributed by atoms with Gasteiger partial charge in [-0.3, -0.25) is 4.79 Å². The zero-order valence-corrected chi connectivity index (χ0v) is 14.9. The summed E-state index contributed by atoms with van der Waals surface area (Å²) < 4.78 is 31.4. The minimum atomic E-state index is -3.82. The monoisotopic (exact) mass is 360 g/mol. The number of carboxylic acids is 1. The van der Waals surface area contributed by atoms with E-state index in [1.165, 1.54) is 19.2 Å². The highest BCUT2D eigenvalue weighted by Crippen LogP contribution is 2.64. The summed E-state index contributed by atoms with van der Waals surface area (Å²) in [5.41, 5.74) is 0.165. The number of carbonyl (C=O) groups is 1. The number of benzene rings is 2. The molecule has 3 rings (SSSR count). The topological polar surface area (TPSA) is 80.7 Å². The van der Waals surface area contributed by atoms with Crippen molar-refractivity contribution in [1.29, 1.82) is 0 Å². The Hall–Kier alpha value is -2.18. The number of hydrogen-bond acceptors (Lipinski definition) is 4. The lowest BCUT2D eigenvalue weighted by Gasteiger charge is -2.12. The summed E-state index contributed by atoms with van der Waals surface area (Å²) >= 11 is 0. The third kappa shape index (κ3) is 2.75. The largest absolute Gasteiger partial charge is 0.481 e. The van der Waals surface area contributed by atoms with E-state index in [4.69, 9.17) is 4.74 Å². The first-order valence-corrected chi connectivity index (χ1v) is 9.48. The molecule has 0 spiro atoms. The van der Waals surface area contributed by atoms with E-state index in [2.05, 4.69) is 0 Å². The number of sulfone groups is 1. The van der Waals surface area contributed by atoms with Gasteiger partial charge in [-0.1, -0.05) is 48.0 Å². The first kappa shape index (κ1) is 17.6. The molecular weight excluding hydrogens is 340 g/mol. The maximum absolute atomic E-state index is 13.2. The van der Waals surface area contributed by atoms with Crippen LogP contribution in [0.4, 0.5) is 0 Å². The third-order valence-electron chi connectivity index (χ3n) is 4.88. The zero-order chi connectivity index (χ0) is 18.2. The lowest BCUT2D eigenvalue weighted by atomic mass is 10.0. The number of hydrogen-bond donors (Lipinski definition) is 1. The van der Waals surface area contributed by atoms with Crippen molar-refractivity contribution in [2.24, 2.45) is 5.41 Å². The molecule has 132 valence electrons. The van der Waals surface area contributed by atoms with Crippen LogP contribution < -0.4 is 0 Å². The molecule has 0 aromatic heterocycles. The van der Waals surface area contributed by atoms with Gasteiger partial charge in [0.25, 0.3) is 0 Å². The van der Waals surface area contributed by atoms with Crippen LogP contribution >= 0.6 is 0 Å². The molecule has 1 N–H and O–H groups in total. The van der Waals surface area contributed by atoms with Gasteiger partial charge >= 0.3 is 5.97 Å². The molecule has 1 aliphatic rings. The Morgan fingerprint density at radius 3 is 2.24 bits per heavy atom. The Balaban J connectivity index is 2.11. The molecule has 5 nitrogen and oxygen atoms in total. The quantitative estimate of drug-likeness (QED) is 0.856. The Morgan fingerprint density at radius 1 is 1.12 bits per heavy atom. The molecule has 1 fully saturated rings. The van der Waals surface area contributed by atoms with Gasteiger partial charge in [-0.05, 0) is 24.6 Å². The van der Waals surface area contributed by atoms with Crippen molar-refractivity contribution in [2.45, 2.75) is 23.0 Å². The van der Waals surface area contributed by atoms with Crippen molar-refractivity contribution < 1.29 is 23.1 Å². The fourth-order valence-corrected chi connectivity index (χ4v) is 5.95. The number of carboxylic acid groups (broad SMARTS) is 1. The van der Waals surface area contributed by atoms with Crippen LogP contribution in [0.15, 0.2) is 59.5 Å². The molecule has 0 amide bonds. The van der Waals surface area contributed by atoms with Gasteiger partial charge in [0.15, 0.2) is 9.84 Å². The molecule has 0 bridgehead atoms. The van der Waals surface area contributed by atoms with Gasteiger partial charge in [0.1, 0.15) is 5.41 Å². The van der Waals surface area contributed by atoms with E-state index < -0.39 is 32.4 Å². The van der Waals surface area contributed by atoms with E-state index in [0.29, 0.717) is 5.56 Å². The second-order valence-electron chi connectivity index (χ2n) is 6.45. The standard InChI is InChI=1S/C19H20O5S/c1-13-8-10-15(11-9-13)25(22,23)17-16(14-6-4-3-5-7-14)19(17,12-24-2)18(20)21/h3-11,16-17H,12H2,1-2H3,(H,20,21)/t16-,17-,19+/m0/s1. The number of rotatable bonds is 6. The lowest BCUT2D eigenvalue weighted by Crippen LogP contribution is -2.28. The number of methoxy groups -OCH3 is 1. The summed E-state index contributed by atoms with van der Waals surface area (Å²) in [6.07, 6.45) is 0. The van der Waals surface area contributed by atoms with E-state index in [-0.39, 0.29) is 11.5 Å². The fourth-order valence-electron chi connectivity index (χ4n) is 3.60. The van der Waals surface area contributed by atoms with Gasteiger partial charge in [0, 0.05) is 13.0 Å². The highest BCUT2D eigenvalue weighted by molar-refractivity contribution is 7.92. The van der Waals surface area contributed by atoms with Crippen molar-refractivity contribution in [3.05, 3.63) is 65.7 Å². The summed E-state index contributed by atoms with van der Waals surface area (Å²) in [6, 6.07) is 15.4. The SMILES string of the molecule is COC[C@@]1(C(=O)O)[C@@H](c2ccccc2)[C@@H]1S(=O)(=O)c1ccc(C)cc1. The fraction of sp³-hybridized carbons (Fsp3) is 0.316. The van der Waals surface area contributed by atoms with Gasteiger partial charge in [0.2, 0.25) is 0 Å². The molecule has 6 heteroatoms. The Bertz CT molecular complexity index is 874. The van der Waals surface area contributed by atoms with Gasteiger partial charge in [-0.2, -0.15) is 0 Å². The third-order valence-corrected chi connectivity index (χ3v) is 7.17. The van der Waals surface area contributed by atoms with E-state index in [9.17, 15) is 18.3 Å². The second kappa shape index (κ2) is 6.28.